The summed E-state index contributed by atoms with van der Waals surface area (Å²) in [6.07, 6.45) is 5.57. The standard InChI is InChI=1S/C39H53F3O9S/c1-6-9-16-48-39(49-17-10-7-2,50-18-11-8-3)25-19-31(47-23-25)33(45)51-37(34(46)52-24-40)15-13-27-28-21-30(41)29-20-26(43)12-14-35(29,4)38(28,42)32(44)22-36(27,37)5/h12,14,19-20,23,27-28,30,32,44H,6-11,13,15-18,21-22,24H2,1-5H3/t27-,28-,30-,32-,35-,36-,37-,38-/m0/s1. The minimum Gasteiger partial charge on any atom is -0.457 e. The topological polar surface area (TPSA) is 121 Å². The molecule has 1 aromatic heterocycles. The van der Waals surface area contributed by atoms with Crippen molar-refractivity contribution >= 4 is 28.6 Å². The number of fused-ring (bicyclic) bond motifs is 5. The number of carbonyl (C=O) groups is 3. The lowest BCUT2D eigenvalue weighted by molar-refractivity contribution is -0.394. The highest BCUT2D eigenvalue weighted by Gasteiger charge is 2.76. The van der Waals surface area contributed by atoms with Crippen molar-refractivity contribution < 1.29 is 56.0 Å². The van der Waals surface area contributed by atoms with E-state index in [4.69, 9.17) is 23.4 Å². The Balaban J connectivity index is 1.50. The van der Waals surface area contributed by atoms with Gasteiger partial charge in [0.25, 0.3) is 0 Å². The van der Waals surface area contributed by atoms with E-state index in [1.54, 1.807) is 6.92 Å². The van der Waals surface area contributed by atoms with Crippen LogP contribution in [-0.2, 0) is 34.5 Å². The molecule has 0 amide bonds. The minimum absolute atomic E-state index is 0.0260. The zero-order chi connectivity index (χ0) is 38.0. The predicted octanol–water partition coefficient (Wildman–Crippen LogP) is 8.24. The molecule has 0 aromatic carbocycles. The van der Waals surface area contributed by atoms with Gasteiger partial charge >= 0.3 is 11.9 Å². The highest BCUT2D eigenvalue weighted by molar-refractivity contribution is 8.13. The maximum Gasteiger partial charge on any atom is 0.375 e. The van der Waals surface area contributed by atoms with Crippen molar-refractivity contribution in [3.8, 4) is 0 Å². The zero-order valence-corrected chi connectivity index (χ0v) is 31.7. The summed E-state index contributed by atoms with van der Waals surface area (Å²) in [6, 6.07) is 0.270. The molecule has 13 heteroatoms. The smallest absolute Gasteiger partial charge is 0.375 e. The number of allylic oxidation sites excluding steroid dienone is 4. The van der Waals surface area contributed by atoms with Crippen LogP contribution in [0.2, 0.25) is 0 Å². The Morgan fingerprint density at radius 3 is 2.23 bits per heavy atom. The van der Waals surface area contributed by atoms with E-state index >= 15 is 8.78 Å². The average molecular weight is 755 g/mol. The fraction of sp³-hybridized carbons (Fsp3) is 0.718. The molecular formula is C39H53F3O9S. The second kappa shape index (κ2) is 16.1. The maximum atomic E-state index is 17.7. The Labute approximate surface area is 308 Å². The van der Waals surface area contributed by atoms with E-state index in [0.717, 1.165) is 44.6 Å². The van der Waals surface area contributed by atoms with Gasteiger partial charge in [0.15, 0.2) is 17.1 Å². The van der Waals surface area contributed by atoms with Gasteiger partial charge in [0.2, 0.25) is 10.9 Å². The van der Waals surface area contributed by atoms with Crippen LogP contribution < -0.4 is 0 Å². The van der Waals surface area contributed by atoms with E-state index in [1.807, 2.05) is 20.8 Å². The van der Waals surface area contributed by atoms with Gasteiger partial charge in [-0.3, -0.25) is 9.59 Å². The normalized spacial score (nSPS) is 34.0. The number of furan rings is 1. The van der Waals surface area contributed by atoms with Crippen molar-refractivity contribution in [2.45, 2.75) is 128 Å². The van der Waals surface area contributed by atoms with Crippen LogP contribution in [0.15, 0.2) is 40.5 Å². The number of rotatable bonds is 17. The molecule has 290 valence electrons. The molecule has 0 radical (unpaired) electrons. The van der Waals surface area contributed by atoms with Gasteiger partial charge in [-0.2, -0.15) is 0 Å². The lowest BCUT2D eigenvalue weighted by Gasteiger charge is -2.63. The zero-order valence-electron chi connectivity index (χ0n) is 30.9. The van der Waals surface area contributed by atoms with E-state index < -0.39 is 75.1 Å². The summed E-state index contributed by atoms with van der Waals surface area (Å²) in [5.41, 5.74) is -7.20. The molecule has 5 rings (SSSR count). The van der Waals surface area contributed by atoms with E-state index in [2.05, 4.69) is 0 Å². The minimum atomic E-state index is -2.40. The van der Waals surface area contributed by atoms with Crippen LogP contribution in [0.5, 0.6) is 0 Å². The first kappa shape index (κ1) is 40.7. The number of esters is 1. The molecule has 4 aliphatic carbocycles. The van der Waals surface area contributed by atoms with E-state index in [-0.39, 0.29) is 42.6 Å². The summed E-state index contributed by atoms with van der Waals surface area (Å²) >= 11 is 0.329. The monoisotopic (exact) mass is 754 g/mol. The molecule has 3 fully saturated rings. The molecule has 3 saturated carbocycles. The number of ether oxygens (including phenoxy) is 4. The van der Waals surface area contributed by atoms with Crippen molar-refractivity contribution in [2.24, 2.45) is 22.7 Å². The highest BCUT2D eigenvalue weighted by Crippen LogP contribution is 2.71. The Bertz CT molecular complexity index is 1500. The van der Waals surface area contributed by atoms with Gasteiger partial charge in [-0.25, -0.2) is 18.0 Å². The van der Waals surface area contributed by atoms with Gasteiger partial charge in [-0.15, -0.1) is 0 Å². The van der Waals surface area contributed by atoms with Gasteiger partial charge in [-0.05, 0) is 87.3 Å². The summed E-state index contributed by atoms with van der Waals surface area (Å²) in [6.45, 7) is 10.1. The van der Waals surface area contributed by atoms with Crippen LogP contribution >= 0.6 is 11.8 Å². The molecule has 8 atom stereocenters. The largest absolute Gasteiger partial charge is 0.457 e. The summed E-state index contributed by atoms with van der Waals surface area (Å²) in [7, 11) is 0. The Morgan fingerprint density at radius 1 is 1.04 bits per heavy atom. The number of aliphatic hydroxyl groups excluding tert-OH is 1. The fourth-order valence-corrected chi connectivity index (χ4v) is 9.85. The lowest BCUT2D eigenvalue weighted by Crippen LogP contribution is -2.70. The van der Waals surface area contributed by atoms with Gasteiger partial charge < -0.3 is 28.5 Å². The van der Waals surface area contributed by atoms with Crippen molar-refractivity contribution in [1.82, 2.24) is 0 Å². The quantitative estimate of drug-likeness (QED) is 0.0946. The number of carbonyl (C=O) groups excluding carboxylic acids is 3. The van der Waals surface area contributed by atoms with Crippen molar-refractivity contribution in [3.05, 3.63) is 47.5 Å². The van der Waals surface area contributed by atoms with Gasteiger partial charge in [0, 0.05) is 22.8 Å². The Morgan fingerprint density at radius 2 is 1.65 bits per heavy atom. The molecule has 52 heavy (non-hydrogen) atoms. The van der Waals surface area contributed by atoms with E-state index in [1.165, 1.54) is 31.4 Å². The van der Waals surface area contributed by atoms with Crippen LogP contribution in [0.25, 0.3) is 0 Å². The van der Waals surface area contributed by atoms with Crippen LogP contribution in [-0.4, -0.2) is 71.3 Å². The molecule has 9 nitrogen and oxygen atoms in total. The Kier molecular flexibility index (Phi) is 12.6. The van der Waals surface area contributed by atoms with Crippen LogP contribution in [0.3, 0.4) is 0 Å². The second-order valence-electron chi connectivity index (χ2n) is 15.0. The predicted molar refractivity (Wildman–Crippen MR) is 188 cm³/mol. The average Bonchev–Trinajstić information content (AvgIpc) is 3.72. The third-order valence-corrected chi connectivity index (χ3v) is 12.8. The molecule has 0 aliphatic heterocycles. The molecule has 1 N–H and O–H groups in total. The molecule has 4 aliphatic rings. The van der Waals surface area contributed by atoms with Crippen molar-refractivity contribution in [1.29, 1.82) is 0 Å². The number of alkyl halides is 3. The van der Waals surface area contributed by atoms with Gasteiger partial charge in [0.05, 0.1) is 31.5 Å². The summed E-state index contributed by atoms with van der Waals surface area (Å²) in [4.78, 5) is 40.2. The molecule has 1 heterocycles. The maximum absolute atomic E-state index is 17.7. The second-order valence-corrected chi connectivity index (χ2v) is 15.9. The Hall–Kier alpha value is -2.45. The number of thioether (sulfide) groups is 1. The van der Waals surface area contributed by atoms with Crippen molar-refractivity contribution in [2.75, 3.05) is 25.8 Å². The molecule has 1 aromatic rings. The molecule has 0 bridgehead atoms. The molecule has 0 saturated heterocycles. The first-order chi connectivity index (χ1) is 24.7. The third kappa shape index (κ3) is 6.75. The first-order valence-electron chi connectivity index (χ1n) is 18.7. The van der Waals surface area contributed by atoms with Crippen molar-refractivity contribution in [3.63, 3.8) is 0 Å². The number of aliphatic hydroxyl groups is 1. The number of ketones is 1. The number of hydrogen-bond acceptors (Lipinski definition) is 10. The van der Waals surface area contributed by atoms with E-state index in [0.29, 0.717) is 31.6 Å². The molecule has 0 unspecified atom stereocenters. The summed E-state index contributed by atoms with van der Waals surface area (Å²) in [5.74, 6) is -5.32. The number of hydrogen-bond donors (Lipinski definition) is 1. The third-order valence-electron chi connectivity index (χ3n) is 12.1. The van der Waals surface area contributed by atoms with Gasteiger partial charge in [-0.1, -0.05) is 53.0 Å². The summed E-state index contributed by atoms with van der Waals surface area (Å²) in [5, 5.41) is 11.0. The first-order valence-corrected chi connectivity index (χ1v) is 19.7. The number of halogens is 3. The SMILES string of the molecule is CCCCOC(OCCCC)(OCCCC)c1coc(C(=O)O[C@]2(C(=O)SCF)CC[C@H]3[C@@H]4C[C@H](F)C5=CC(=O)C=C[C@]5(C)[C@@]4(F)[C@@H](O)C[C@@]32C)c1. The number of unbranched alkanes of at least 4 members (excludes halogenated alkanes) is 3. The van der Waals surface area contributed by atoms with E-state index in [9.17, 15) is 23.9 Å². The molecular weight excluding hydrogens is 701 g/mol. The van der Waals surface area contributed by atoms with Crippen LogP contribution in [0.4, 0.5) is 13.2 Å². The van der Waals surface area contributed by atoms with Crippen LogP contribution in [0.1, 0.15) is 115 Å². The van der Waals surface area contributed by atoms with Crippen LogP contribution in [0, 0.1) is 22.7 Å². The fourth-order valence-electron chi connectivity index (χ4n) is 9.14. The highest BCUT2D eigenvalue weighted by atomic mass is 32.2. The summed E-state index contributed by atoms with van der Waals surface area (Å²) < 4.78 is 78.0. The lowest BCUT2D eigenvalue weighted by atomic mass is 9.44. The molecule has 0 spiro atoms. The van der Waals surface area contributed by atoms with Gasteiger partial charge in [0.1, 0.15) is 18.4 Å².